The van der Waals surface area contributed by atoms with Gasteiger partial charge in [-0.05, 0) is 49.1 Å². The van der Waals surface area contributed by atoms with Crippen molar-refractivity contribution < 1.29 is 0 Å². The van der Waals surface area contributed by atoms with Gasteiger partial charge in [-0.3, -0.25) is 4.90 Å². The molecule has 0 heterocycles. The molecule has 2 aliphatic carbocycles. The second kappa shape index (κ2) is 5.12. The zero-order valence-electron chi connectivity index (χ0n) is 10.8. The molecule has 2 aliphatic rings. The minimum Gasteiger partial charge on any atom is -0.298 e. The Morgan fingerprint density at radius 2 is 1.67 bits per heavy atom. The number of benzene rings is 1. The van der Waals surface area contributed by atoms with Gasteiger partial charge in [0.1, 0.15) is 0 Å². The molecule has 3 rings (SSSR count). The average Bonchev–Trinajstić information content (AvgIpc) is 3.26. The molecule has 2 saturated carbocycles. The Balaban J connectivity index is 1.67. The predicted molar refractivity (Wildman–Crippen MR) is 71.9 cm³/mol. The van der Waals surface area contributed by atoms with Gasteiger partial charge in [0.15, 0.2) is 0 Å². The molecule has 2 fully saturated rings. The third kappa shape index (κ3) is 3.11. The Morgan fingerprint density at radius 1 is 1.06 bits per heavy atom. The van der Waals surface area contributed by atoms with Crippen molar-refractivity contribution in [2.24, 2.45) is 11.8 Å². The maximum Gasteiger partial charge on any atom is 0.0995 e. The van der Waals surface area contributed by atoms with E-state index in [1.54, 1.807) is 0 Å². The van der Waals surface area contributed by atoms with E-state index in [4.69, 9.17) is 5.26 Å². The van der Waals surface area contributed by atoms with E-state index in [1.165, 1.54) is 44.3 Å². The third-order valence-corrected chi connectivity index (χ3v) is 3.96. The van der Waals surface area contributed by atoms with Crippen molar-refractivity contribution in [2.75, 3.05) is 13.1 Å². The van der Waals surface area contributed by atoms with E-state index in [9.17, 15) is 0 Å². The zero-order chi connectivity index (χ0) is 12.4. The molecule has 0 aliphatic heterocycles. The molecule has 0 saturated heterocycles. The molecule has 0 radical (unpaired) electrons. The van der Waals surface area contributed by atoms with E-state index in [2.05, 4.69) is 17.0 Å². The highest BCUT2D eigenvalue weighted by atomic mass is 15.1. The first kappa shape index (κ1) is 11.7. The summed E-state index contributed by atoms with van der Waals surface area (Å²) in [5, 5.41) is 9.15. The summed E-state index contributed by atoms with van der Waals surface area (Å²) in [4.78, 5) is 2.57. The molecular formula is C16H20N2. The number of hydrogen-bond acceptors (Lipinski definition) is 2. The van der Waals surface area contributed by atoms with Crippen molar-refractivity contribution >= 4 is 0 Å². The minimum absolute atomic E-state index is 0.842. The molecule has 0 N–H and O–H groups in total. The molecule has 2 heteroatoms. The van der Waals surface area contributed by atoms with Gasteiger partial charge in [0.05, 0.1) is 11.6 Å². The number of nitriles is 1. The Kier molecular flexibility index (Phi) is 3.34. The summed E-state index contributed by atoms with van der Waals surface area (Å²) in [6.07, 6.45) is 5.62. The van der Waals surface area contributed by atoms with Crippen LogP contribution in [0.15, 0.2) is 24.3 Å². The molecule has 18 heavy (non-hydrogen) atoms. The largest absolute Gasteiger partial charge is 0.298 e. The third-order valence-electron chi connectivity index (χ3n) is 3.96. The Labute approximate surface area is 109 Å². The summed E-state index contributed by atoms with van der Waals surface area (Å²) in [5.41, 5.74) is 2.04. The van der Waals surface area contributed by atoms with Gasteiger partial charge in [-0.1, -0.05) is 18.2 Å². The standard InChI is InChI=1S/C16H20N2/c17-9-15-3-1-2-4-16(15)12-18(10-13-5-6-13)11-14-7-8-14/h1-4,13-14H,5-8,10-12H2. The predicted octanol–water partition coefficient (Wildman–Crippen LogP) is 3.18. The van der Waals surface area contributed by atoms with Gasteiger partial charge in [-0.2, -0.15) is 5.26 Å². The van der Waals surface area contributed by atoms with Gasteiger partial charge in [-0.15, -0.1) is 0 Å². The average molecular weight is 240 g/mol. The van der Waals surface area contributed by atoms with Crippen LogP contribution < -0.4 is 0 Å². The fourth-order valence-corrected chi connectivity index (χ4v) is 2.54. The molecule has 0 atom stereocenters. The highest BCUT2D eigenvalue weighted by Gasteiger charge is 2.29. The maximum absolute atomic E-state index is 9.15. The first-order chi connectivity index (χ1) is 8.85. The van der Waals surface area contributed by atoms with Gasteiger partial charge in [-0.25, -0.2) is 0 Å². The highest BCUT2D eigenvalue weighted by Crippen LogP contribution is 2.34. The van der Waals surface area contributed by atoms with Crippen LogP contribution in [0.3, 0.4) is 0 Å². The molecule has 2 nitrogen and oxygen atoms in total. The van der Waals surface area contributed by atoms with Gasteiger partial charge in [0.2, 0.25) is 0 Å². The first-order valence-electron chi connectivity index (χ1n) is 7.05. The molecule has 1 aromatic carbocycles. The number of nitrogens with zero attached hydrogens (tertiary/aromatic N) is 2. The molecule has 1 aromatic rings. The summed E-state index contributed by atoms with van der Waals surface area (Å²) in [6.45, 7) is 3.42. The molecule has 0 amide bonds. The fraction of sp³-hybridized carbons (Fsp3) is 0.562. The van der Waals surface area contributed by atoms with Gasteiger partial charge in [0.25, 0.3) is 0 Å². The number of hydrogen-bond donors (Lipinski definition) is 0. The van der Waals surface area contributed by atoms with Crippen molar-refractivity contribution in [2.45, 2.75) is 32.2 Å². The lowest BCUT2D eigenvalue weighted by Gasteiger charge is -2.22. The van der Waals surface area contributed by atoms with E-state index in [0.717, 1.165) is 23.9 Å². The van der Waals surface area contributed by atoms with Crippen LogP contribution in [-0.2, 0) is 6.54 Å². The van der Waals surface area contributed by atoms with Crippen LogP contribution in [-0.4, -0.2) is 18.0 Å². The van der Waals surface area contributed by atoms with E-state index < -0.39 is 0 Å². The van der Waals surface area contributed by atoms with Crippen LogP contribution in [0.25, 0.3) is 0 Å². The lowest BCUT2D eigenvalue weighted by Crippen LogP contribution is -2.28. The smallest absolute Gasteiger partial charge is 0.0995 e. The van der Waals surface area contributed by atoms with Crippen LogP contribution in [0, 0.1) is 23.2 Å². The van der Waals surface area contributed by atoms with Crippen LogP contribution in [0.1, 0.15) is 36.8 Å². The van der Waals surface area contributed by atoms with E-state index in [1.807, 2.05) is 18.2 Å². The monoisotopic (exact) mass is 240 g/mol. The Morgan fingerprint density at radius 3 is 2.22 bits per heavy atom. The minimum atomic E-state index is 0.842. The lowest BCUT2D eigenvalue weighted by atomic mass is 10.1. The zero-order valence-corrected chi connectivity index (χ0v) is 10.8. The van der Waals surface area contributed by atoms with Crippen molar-refractivity contribution in [3.05, 3.63) is 35.4 Å². The Hall–Kier alpha value is -1.33. The summed E-state index contributed by atoms with van der Waals surface area (Å²) in [7, 11) is 0. The molecule has 0 unspecified atom stereocenters. The SMILES string of the molecule is N#Cc1ccccc1CN(CC1CC1)CC1CC1. The highest BCUT2D eigenvalue weighted by molar-refractivity contribution is 5.37. The van der Waals surface area contributed by atoms with Crippen LogP contribution in [0.4, 0.5) is 0 Å². The summed E-state index contributed by atoms with van der Waals surface area (Å²) in [6, 6.07) is 10.3. The second-order valence-electron chi connectivity index (χ2n) is 5.85. The lowest BCUT2D eigenvalue weighted by molar-refractivity contribution is 0.244. The summed E-state index contributed by atoms with van der Waals surface area (Å²) >= 11 is 0. The summed E-state index contributed by atoms with van der Waals surface area (Å²) in [5.74, 6) is 1.86. The van der Waals surface area contributed by atoms with Gasteiger partial charge < -0.3 is 0 Å². The molecule has 0 bridgehead atoms. The van der Waals surface area contributed by atoms with Crippen LogP contribution in [0.2, 0.25) is 0 Å². The van der Waals surface area contributed by atoms with Crippen LogP contribution >= 0.6 is 0 Å². The fourth-order valence-electron chi connectivity index (χ4n) is 2.54. The molecule has 94 valence electrons. The van der Waals surface area contributed by atoms with E-state index >= 15 is 0 Å². The second-order valence-corrected chi connectivity index (χ2v) is 5.85. The van der Waals surface area contributed by atoms with Gasteiger partial charge in [0, 0.05) is 19.6 Å². The van der Waals surface area contributed by atoms with E-state index in [-0.39, 0.29) is 0 Å². The van der Waals surface area contributed by atoms with Crippen molar-refractivity contribution in [1.29, 1.82) is 5.26 Å². The topological polar surface area (TPSA) is 27.0 Å². The molecular weight excluding hydrogens is 220 g/mol. The Bertz CT molecular complexity index is 438. The van der Waals surface area contributed by atoms with Crippen LogP contribution in [0.5, 0.6) is 0 Å². The quantitative estimate of drug-likeness (QED) is 0.763. The normalized spacial score (nSPS) is 18.9. The number of rotatable bonds is 6. The van der Waals surface area contributed by atoms with Crippen molar-refractivity contribution in [3.63, 3.8) is 0 Å². The van der Waals surface area contributed by atoms with Crippen molar-refractivity contribution in [1.82, 2.24) is 4.90 Å². The maximum atomic E-state index is 9.15. The summed E-state index contributed by atoms with van der Waals surface area (Å²) < 4.78 is 0. The first-order valence-corrected chi connectivity index (χ1v) is 7.05. The van der Waals surface area contributed by atoms with Gasteiger partial charge >= 0.3 is 0 Å². The molecule has 0 spiro atoms. The van der Waals surface area contributed by atoms with E-state index in [0.29, 0.717) is 0 Å². The molecule has 0 aromatic heterocycles. The van der Waals surface area contributed by atoms with Crippen molar-refractivity contribution in [3.8, 4) is 6.07 Å².